The molecule has 0 aliphatic heterocycles. The minimum Gasteiger partial charge on any atom is -0.478 e. The first-order chi connectivity index (χ1) is 13.5. The third-order valence-corrected chi connectivity index (χ3v) is 5.18. The molecule has 0 radical (unpaired) electrons. The van der Waals surface area contributed by atoms with Crippen molar-refractivity contribution in [3.63, 3.8) is 0 Å². The zero-order chi connectivity index (χ0) is 20.1. The summed E-state index contributed by atoms with van der Waals surface area (Å²) in [5, 5.41) is 12.4. The number of anilines is 2. The van der Waals surface area contributed by atoms with Crippen LogP contribution in [0.2, 0.25) is 0 Å². The normalized spacial score (nSPS) is 10.9. The lowest BCUT2D eigenvalue weighted by molar-refractivity contribution is 0.0697. The van der Waals surface area contributed by atoms with Gasteiger partial charge in [-0.2, -0.15) is 0 Å². The van der Waals surface area contributed by atoms with Gasteiger partial charge in [0.05, 0.1) is 10.4 Å². The van der Waals surface area contributed by atoms with Crippen LogP contribution in [0.3, 0.4) is 0 Å². The molecule has 1 aromatic carbocycles. The molecule has 6 heteroatoms. The standard InChI is InChI=1S/C22H21N3O2S/c1-4-6-17-12-13-19(28-17)21-23-14(3)18(7-5-2)20(25-21)24-16-10-8-15(9-11-16)22(26)27/h4-6,8-13H,2,7H2,1,3H3,(H,26,27)(H,23,24,25). The number of carboxylic acids is 1. The van der Waals surface area contributed by atoms with Gasteiger partial charge in [0, 0.05) is 21.8 Å². The predicted octanol–water partition coefficient (Wildman–Crippen LogP) is 5.72. The summed E-state index contributed by atoms with van der Waals surface area (Å²) in [6.07, 6.45) is 6.51. The van der Waals surface area contributed by atoms with E-state index in [4.69, 9.17) is 10.1 Å². The summed E-state index contributed by atoms with van der Waals surface area (Å²) in [7, 11) is 0. The van der Waals surface area contributed by atoms with Gasteiger partial charge in [0.15, 0.2) is 5.82 Å². The van der Waals surface area contributed by atoms with Crippen molar-refractivity contribution < 1.29 is 9.90 Å². The van der Waals surface area contributed by atoms with E-state index in [9.17, 15) is 4.79 Å². The molecule has 2 N–H and O–H groups in total. The van der Waals surface area contributed by atoms with Crippen LogP contribution in [0.15, 0.2) is 55.1 Å². The molecule has 0 amide bonds. The molecule has 28 heavy (non-hydrogen) atoms. The summed E-state index contributed by atoms with van der Waals surface area (Å²) in [4.78, 5) is 22.6. The summed E-state index contributed by atoms with van der Waals surface area (Å²) in [5.74, 6) is 0.413. The van der Waals surface area contributed by atoms with E-state index in [2.05, 4.69) is 23.0 Å². The fourth-order valence-corrected chi connectivity index (χ4v) is 3.67. The average molecular weight is 391 g/mol. The van der Waals surface area contributed by atoms with E-state index in [0.29, 0.717) is 18.1 Å². The number of hydrogen-bond donors (Lipinski definition) is 2. The molecule has 5 nitrogen and oxygen atoms in total. The minimum atomic E-state index is -0.950. The van der Waals surface area contributed by atoms with Crippen LogP contribution < -0.4 is 5.32 Å². The van der Waals surface area contributed by atoms with Crippen LogP contribution in [-0.2, 0) is 6.42 Å². The van der Waals surface area contributed by atoms with E-state index in [1.54, 1.807) is 35.6 Å². The van der Waals surface area contributed by atoms with Crippen molar-refractivity contribution in [2.45, 2.75) is 20.3 Å². The summed E-state index contributed by atoms with van der Waals surface area (Å²) in [6, 6.07) is 10.7. The second-order valence-corrected chi connectivity index (χ2v) is 7.28. The van der Waals surface area contributed by atoms with Crippen LogP contribution >= 0.6 is 11.3 Å². The topological polar surface area (TPSA) is 75.1 Å². The number of carbonyl (C=O) groups is 1. The Labute approximate surface area is 168 Å². The largest absolute Gasteiger partial charge is 0.478 e. The average Bonchev–Trinajstić information content (AvgIpc) is 3.14. The zero-order valence-corrected chi connectivity index (χ0v) is 16.6. The summed E-state index contributed by atoms with van der Waals surface area (Å²) >= 11 is 1.63. The molecular formula is C22H21N3O2S. The van der Waals surface area contributed by atoms with Gasteiger partial charge in [-0.3, -0.25) is 0 Å². The maximum Gasteiger partial charge on any atom is 0.335 e. The number of hydrogen-bond acceptors (Lipinski definition) is 5. The van der Waals surface area contributed by atoms with Gasteiger partial charge in [0.1, 0.15) is 5.82 Å². The zero-order valence-electron chi connectivity index (χ0n) is 15.8. The van der Waals surface area contributed by atoms with Crippen molar-refractivity contribution in [2.24, 2.45) is 0 Å². The Bertz CT molecular complexity index is 1040. The van der Waals surface area contributed by atoms with Crippen molar-refractivity contribution >= 4 is 34.9 Å². The molecule has 2 heterocycles. The van der Waals surface area contributed by atoms with Crippen LogP contribution in [0.1, 0.15) is 33.4 Å². The van der Waals surface area contributed by atoms with Crippen LogP contribution in [0, 0.1) is 6.92 Å². The number of rotatable bonds is 7. The maximum atomic E-state index is 11.0. The fraction of sp³-hybridized carbons (Fsp3) is 0.136. The number of nitrogens with zero attached hydrogens (tertiary/aromatic N) is 2. The highest BCUT2D eigenvalue weighted by Crippen LogP contribution is 2.30. The molecule has 0 aliphatic rings. The van der Waals surface area contributed by atoms with Gasteiger partial charge in [-0.1, -0.05) is 12.2 Å². The molecule has 142 valence electrons. The van der Waals surface area contributed by atoms with E-state index in [1.807, 2.05) is 38.1 Å². The number of carboxylic acid groups (broad SMARTS) is 1. The number of benzene rings is 1. The van der Waals surface area contributed by atoms with Crippen LogP contribution in [0.5, 0.6) is 0 Å². The molecule has 0 saturated carbocycles. The smallest absolute Gasteiger partial charge is 0.335 e. The minimum absolute atomic E-state index is 0.242. The maximum absolute atomic E-state index is 11.0. The van der Waals surface area contributed by atoms with E-state index < -0.39 is 5.97 Å². The predicted molar refractivity (Wildman–Crippen MR) is 115 cm³/mol. The van der Waals surface area contributed by atoms with Crippen molar-refractivity contribution in [3.8, 4) is 10.7 Å². The Hall–Kier alpha value is -3.25. The molecular weight excluding hydrogens is 370 g/mol. The molecule has 0 bridgehead atoms. The highest BCUT2D eigenvalue weighted by molar-refractivity contribution is 7.16. The van der Waals surface area contributed by atoms with E-state index in [0.717, 1.165) is 26.7 Å². The van der Waals surface area contributed by atoms with Crippen molar-refractivity contribution in [1.29, 1.82) is 0 Å². The highest BCUT2D eigenvalue weighted by Gasteiger charge is 2.14. The Kier molecular flexibility index (Phi) is 6.01. The van der Waals surface area contributed by atoms with Crippen molar-refractivity contribution in [2.75, 3.05) is 5.32 Å². The monoisotopic (exact) mass is 391 g/mol. The van der Waals surface area contributed by atoms with Gasteiger partial charge in [-0.15, -0.1) is 17.9 Å². The van der Waals surface area contributed by atoms with Gasteiger partial charge in [-0.25, -0.2) is 14.8 Å². The lowest BCUT2D eigenvalue weighted by atomic mass is 10.1. The second-order valence-electron chi connectivity index (χ2n) is 6.16. The molecule has 0 spiro atoms. The number of nitrogens with one attached hydrogen (secondary N) is 1. The lowest BCUT2D eigenvalue weighted by Crippen LogP contribution is -2.05. The van der Waals surface area contributed by atoms with Crippen LogP contribution in [-0.4, -0.2) is 21.0 Å². The quantitative estimate of drug-likeness (QED) is 0.504. The van der Waals surface area contributed by atoms with Crippen molar-refractivity contribution in [1.82, 2.24) is 9.97 Å². The van der Waals surface area contributed by atoms with Gasteiger partial charge < -0.3 is 10.4 Å². The molecule has 3 aromatic rings. The molecule has 0 aliphatic carbocycles. The Morgan fingerprint density at radius 1 is 1.21 bits per heavy atom. The van der Waals surface area contributed by atoms with Crippen molar-refractivity contribution in [3.05, 3.63) is 76.8 Å². The third kappa shape index (κ3) is 4.35. The lowest BCUT2D eigenvalue weighted by Gasteiger charge is -2.14. The van der Waals surface area contributed by atoms with Gasteiger partial charge in [0.2, 0.25) is 0 Å². The molecule has 0 unspecified atom stereocenters. The second kappa shape index (κ2) is 8.63. The number of thiophene rings is 1. The van der Waals surface area contributed by atoms with E-state index in [1.165, 1.54) is 0 Å². The first-order valence-corrected chi connectivity index (χ1v) is 9.65. The SMILES string of the molecule is C=CCc1c(C)nc(-c2ccc(C=CC)s2)nc1Nc1ccc(C(=O)O)cc1. The third-order valence-electron chi connectivity index (χ3n) is 4.14. The number of aromatic nitrogens is 2. The summed E-state index contributed by atoms with van der Waals surface area (Å²) in [5.41, 5.74) is 2.86. The van der Waals surface area contributed by atoms with Gasteiger partial charge in [0.25, 0.3) is 0 Å². The Morgan fingerprint density at radius 3 is 2.61 bits per heavy atom. The van der Waals surface area contributed by atoms with E-state index >= 15 is 0 Å². The highest BCUT2D eigenvalue weighted by atomic mass is 32.1. The Morgan fingerprint density at radius 2 is 1.96 bits per heavy atom. The number of aryl methyl sites for hydroxylation is 1. The van der Waals surface area contributed by atoms with Gasteiger partial charge in [-0.05, 0) is 62.7 Å². The summed E-state index contributed by atoms with van der Waals surface area (Å²) < 4.78 is 0. The molecule has 2 aromatic heterocycles. The van der Waals surface area contributed by atoms with Gasteiger partial charge >= 0.3 is 5.97 Å². The molecule has 0 atom stereocenters. The Balaban J connectivity index is 2.00. The molecule has 3 rings (SSSR count). The number of aromatic carboxylic acids is 1. The fourth-order valence-electron chi connectivity index (χ4n) is 2.76. The molecule has 0 saturated heterocycles. The summed E-state index contributed by atoms with van der Waals surface area (Å²) in [6.45, 7) is 7.78. The van der Waals surface area contributed by atoms with Crippen LogP contribution in [0.25, 0.3) is 16.8 Å². The first kappa shape index (κ1) is 19.5. The van der Waals surface area contributed by atoms with E-state index in [-0.39, 0.29) is 5.56 Å². The first-order valence-electron chi connectivity index (χ1n) is 8.83. The molecule has 0 fully saturated rings. The number of allylic oxidation sites excluding steroid dienone is 2. The van der Waals surface area contributed by atoms with Crippen LogP contribution in [0.4, 0.5) is 11.5 Å².